The van der Waals surface area contributed by atoms with Crippen molar-refractivity contribution in [3.8, 4) is 0 Å². The SMILES string of the molecule is CC(NC(=O)c1cc(Br)sc1Br)c1nc(C(=O)O)cs1. The molecule has 0 saturated carbocycles. The molecule has 20 heavy (non-hydrogen) atoms. The lowest BCUT2D eigenvalue weighted by Gasteiger charge is -2.10. The second kappa shape index (κ2) is 6.33. The summed E-state index contributed by atoms with van der Waals surface area (Å²) in [6.45, 7) is 1.76. The molecule has 0 fully saturated rings. The molecule has 0 radical (unpaired) electrons. The molecule has 1 amide bonds. The Morgan fingerprint density at radius 3 is 2.65 bits per heavy atom. The molecule has 2 aromatic heterocycles. The number of hydrogen-bond donors (Lipinski definition) is 2. The summed E-state index contributed by atoms with van der Waals surface area (Å²) in [5.41, 5.74) is 0.522. The molecule has 0 aliphatic rings. The molecule has 1 unspecified atom stereocenters. The molecule has 0 bridgehead atoms. The largest absolute Gasteiger partial charge is 0.476 e. The van der Waals surface area contributed by atoms with Gasteiger partial charge in [-0.2, -0.15) is 0 Å². The minimum absolute atomic E-state index is 0.00874. The van der Waals surface area contributed by atoms with Crippen LogP contribution in [-0.4, -0.2) is 22.0 Å². The number of aromatic nitrogens is 1. The predicted molar refractivity (Wildman–Crippen MR) is 84.7 cm³/mol. The van der Waals surface area contributed by atoms with Crippen molar-refractivity contribution in [2.24, 2.45) is 0 Å². The van der Waals surface area contributed by atoms with E-state index in [0.29, 0.717) is 10.6 Å². The second-order valence-corrected chi connectivity index (χ2v) is 8.45. The third-order valence-corrected chi connectivity index (χ3v) is 5.73. The molecule has 0 saturated heterocycles. The van der Waals surface area contributed by atoms with Crippen molar-refractivity contribution < 1.29 is 14.7 Å². The van der Waals surface area contributed by atoms with Crippen LogP contribution in [0.25, 0.3) is 0 Å². The molecule has 0 aliphatic heterocycles. The summed E-state index contributed by atoms with van der Waals surface area (Å²) >= 11 is 9.26. The zero-order valence-electron chi connectivity index (χ0n) is 10.0. The lowest BCUT2D eigenvalue weighted by molar-refractivity contribution is 0.0691. The van der Waals surface area contributed by atoms with Gasteiger partial charge in [0, 0.05) is 5.38 Å². The first-order valence-electron chi connectivity index (χ1n) is 5.33. The molecular formula is C11H8Br2N2O3S2. The van der Waals surface area contributed by atoms with E-state index < -0.39 is 5.97 Å². The van der Waals surface area contributed by atoms with Crippen LogP contribution < -0.4 is 5.32 Å². The van der Waals surface area contributed by atoms with Crippen molar-refractivity contribution in [1.82, 2.24) is 10.3 Å². The number of nitrogens with one attached hydrogen (secondary N) is 1. The van der Waals surface area contributed by atoms with Gasteiger partial charge in [-0.05, 0) is 44.8 Å². The van der Waals surface area contributed by atoms with E-state index >= 15 is 0 Å². The summed E-state index contributed by atoms with van der Waals surface area (Å²) in [5.74, 6) is -1.31. The van der Waals surface area contributed by atoms with Gasteiger partial charge in [-0.1, -0.05) is 0 Å². The van der Waals surface area contributed by atoms with Gasteiger partial charge in [-0.25, -0.2) is 9.78 Å². The van der Waals surface area contributed by atoms with Crippen molar-refractivity contribution in [3.05, 3.63) is 35.3 Å². The fourth-order valence-electron chi connectivity index (χ4n) is 1.42. The van der Waals surface area contributed by atoms with Crippen molar-refractivity contribution in [1.29, 1.82) is 0 Å². The van der Waals surface area contributed by atoms with Crippen LogP contribution in [0, 0.1) is 0 Å². The minimum Gasteiger partial charge on any atom is -0.476 e. The number of hydrogen-bond acceptors (Lipinski definition) is 5. The summed E-state index contributed by atoms with van der Waals surface area (Å²) in [6.07, 6.45) is 0. The third kappa shape index (κ3) is 3.46. The van der Waals surface area contributed by atoms with E-state index in [0.717, 1.165) is 7.57 Å². The van der Waals surface area contributed by atoms with Gasteiger partial charge in [0.05, 0.1) is 19.2 Å². The first-order valence-corrected chi connectivity index (χ1v) is 8.61. The van der Waals surface area contributed by atoms with Crippen LogP contribution in [0.1, 0.15) is 38.8 Å². The zero-order chi connectivity index (χ0) is 14.9. The van der Waals surface area contributed by atoms with Crippen molar-refractivity contribution >= 4 is 66.4 Å². The van der Waals surface area contributed by atoms with Crippen LogP contribution in [0.15, 0.2) is 19.0 Å². The Hall–Kier alpha value is -0.770. The number of nitrogens with zero attached hydrogens (tertiary/aromatic N) is 1. The van der Waals surface area contributed by atoms with E-state index in [1.165, 1.54) is 28.1 Å². The maximum atomic E-state index is 12.1. The highest BCUT2D eigenvalue weighted by Crippen LogP contribution is 2.32. The molecule has 1 atom stereocenters. The molecule has 2 rings (SSSR count). The van der Waals surface area contributed by atoms with Gasteiger partial charge in [0.15, 0.2) is 5.69 Å². The Kier molecular flexibility index (Phi) is 4.95. The molecule has 2 N–H and O–H groups in total. The van der Waals surface area contributed by atoms with Crippen molar-refractivity contribution in [3.63, 3.8) is 0 Å². The monoisotopic (exact) mass is 438 g/mol. The molecule has 5 nitrogen and oxygen atoms in total. The van der Waals surface area contributed by atoms with Gasteiger partial charge in [0.2, 0.25) is 0 Å². The van der Waals surface area contributed by atoms with E-state index in [-0.39, 0.29) is 17.6 Å². The van der Waals surface area contributed by atoms with Crippen LogP contribution in [0.2, 0.25) is 0 Å². The number of carbonyl (C=O) groups is 2. The maximum absolute atomic E-state index is 12.1. The van der Waals surface area contributed by atoms with Gasteiger partial charge in [-0.15, -0.1) is 22.7 Å². The molecule has 106 valence electrons. The summed E-state index contributed by atoms with van der Waals surface area (Å²) in [5, 5.41) is 13.6. The van der Waals surface area contributed by atoms with Crippen LogP contribution in [0.3, 0.4) is 0 Å². The summed E-state index contributed by atoms with van der Waals surface area (Å²) in [6, 6.07) is 1.37. The fraction of sp³-hybridized carbons (Fsp3) is 0.182. The number of aromatic carboxylic acids is 1. The highest BCUT2D eigenvalue weighted by Gasteiger charge is 2.19. The van der Waals surface area contributed by atoms with E-state index in [1.54, 1.807) is 13.0 Å². The highest BCUT2D eigenvalue weighted by molar-refractivity contribution is 9.12. The zero-order valence-corrected chi connectivity index (χ0v) is 14.8. The van der Waals surface area contributed by atoms with Crippen LogP contribution in [-0.2, 0) is 0 Å². The minimum atomic E-state index is -1.07. The predicted octanol–water partition coefficient (Wildman–Crippen LogP) is 3.92. The number of thiazole rings is 1. The number of carboxylic acids is 1. The first-order chi connectivity index (χ1) is 9.38. The van der Waals surface area contributed by atoms with Gasteiger partial charge >= 0.3 is 5.97 Å². The van der Waals surface area contributed by atoms with E-state index in [9.17, 15) is 9.59 Å². The molecular weight excluding hydrogens is 432 g/mol. The Bertz CT molecular complexity index is 668. The maximum Gasteiger partial charge on any atom is 0.355 e. The van der Waals surface area contributed by atoms with Crippen molar-refractivity contribution in [2.75, 3.05) is 0 Å². The Labute approximate surface area is 139 Å². The standard InChI is InChI=1S/C11H8Br2N2O3S2/c1-4(10-15-6(3-19-10)11(17)18)14-9(16)5-2-7(12)20-8(5)13/h2-4H,1H3,(H,14,16)(H,17,18). The lowest BCUT2D eigenvalue weighted by atomic mass is 10.3. The van der Waals surface area contributed by atoms with Gasteiger partial charge in [0.25, 0.3) is 5.91 Å². The molecule has 0 aromatic carbocycles. The Balaban J connectivity index is 2.10. The van der Waals surface area contributed by atoms with E-state index in [1.807, 2.05) is 0 Å². The average molecular weight is 440 g/mol. The first kappa shape index (κ1) is 15.6. The van der Waals surface area contributed by atoms with Crippen molar-refractivity contribution in [2.45, 2.75) is 13.0 Å². The number of carbonyl (C=O) groups excluding carboxylic acids is 1. The summed E-state index contributed by atoms with van der Waals surface area (Å²) in [7, 11) is 0. The average Bonchev–Trinajstić information content (AvgIpc) is 2.95. The van der Waals surface area contributed by atoms with E-state index in [2.05, 4.69) is 42.2 Å². The number of thiophene rings is 1. The van der Waals surface area contributed by atoms with Crippen LogP contribution >= 0.6 is 54.5 Å². The third-order valence-electron chi connectivity index (χ3n) is 2.36. The molecule has 9 heteroatoms. The number of amides is 1. The Morgan fingerprint density at radius 2 is 2.15 bits per heavy atom. The second-order valence-electron chi connectivity index (χ2n) is 3.81. The fourth-order valence-corrected chi connectivity index (χ4v) is 5.01. The van der Waals surface area contributed by atoms with Crippen LogP contribution in [0.4, 0.5) is 0 Å². The van der Waals surface area contributed by atoms with E-state index in [4.69, 9.17) is 5.11 Å². The smallest absolute Gasteiger partial charge is 0.355 e. The molecule has 0 aliphatic carbocycles. The topological polar surface area (TPSA) is 79.3 Å². The highest BCUT2D eigenvalue weighted by atomic mass is 79.9. The summed E-state index contributed by atoms with van der Waals surface area (Å²) in [4.78, 5) is 26.9. The van der Waals surface area contributed by atoms with Gasteiger partial charge in [0.1, 0.15) is 5.01 Å². The van der Waals surface area contributed by atoms with Gasteiger partial charge in [-0.3, -0.25) is 4.79 Å². The molecule has 2 heterocycles. The normalized spacial score (nSPS) is 12.2. The quantitative estimate of drug-likeness (QED) is 0.756. The molecule has 0 spiro atoms. The summed E-state index contributed by atoms with van der Waals surface area (Å²) < 4.78 is 1.59. The number of carboxylic acid groups (broad SMARTS) is 1. The number of halogens is 2. The van der Waals surface area contributed by atoms with Crippen LogP contribution in [0.5, 0.6) is 0 Å². The Morgan fingerprint density at radius 1 is 1.45 bits per heavy atom. The molecule has 2 aromatic rings. The van der Waals surface area contributed by atoms with Gasteiger partial charge < -0.3 is 10.4 Å². The lowest BCUT2D eigenvalue weighted by Crippen LogP contribution is -2.26. The number of rotatable bonds is 4.